The first-order valence-corrected chi connectivity index (χ1v) is 8.20. The lowest BCUT2D eigenvalue weighted by atomic mass is 10.0. The summed E-state index contributed by atoms with van der Waals surface area (Å²) in [5.41, 5.74) is 2.38. The molecule has 0 heterocycles. The van der Waals surface area contributed by atoms with Gasteiger partial charge in [0.25, 0.3) is 0 Å². The Morgan fingerprint density at radius 2 is 1.90 bits per heavy atom. The average molecular weight is 367 g/mol. The van der Waals surface area contributed by atoms with Crippen LogP contribution in [-0.2, 0) is 0 Å². The van der Waals surface area contributed by atoms with Gasteiger partial charge in [-0.05, 0) is 70.6 Å². The summed E-state index contributed by atoms with van der Waals surface area (Å²) in [5.74, 6) is 1.54. The summed E-state index contributed by atoms with van der Waals surface area (Å²) < 4.78 is 6.23. The Balaban J connectivity index is 1.82. The van der Waals surface area contributed by atoms with Crippen molar-refractivity contribution in [1.82, 2.24) is 0 Å². The van der Waals surface area contributed by atoms with Crippen LogP contribution in [0.3, 0.4) is 0 Å². The first-order valence-electron chi connectivity index (χ1n) is 7.03. The van der Waals surface area contributed by atoms with E-state index in [9.17, 15) is 0 Å². The highest BCUT2D eigenvalue weighted by Crippen LogP contribution is 2.43. The number of rotatable bonds is 5. The van der Waals surface area contributed by atoms with E-state index in [0.717, 1.165) is 20.9 Å². The third-order valence-electron chi connectivity index (χ3n) is 3.80. The van der Waals surface area contributed by atoms with Gasteiger partial charge in [-0.1, -0.05) is 23.7 Å². The Bertz CT molecular complexity index is 625. The molecule has 21 heavy (non-hydrogen) atoms. The molecule has 0 radical (unpaired) electrons. The molecule has 2 aromatic carbocycles. The van der Waals surface area contributed by atoms with E-state index in [0.29, 0.717) is 12.0 Å². The second-order valence-electron chi connectivity index (χ2n) is 5.36. The lowest BCUT2D eigenvalue weighted by Gasteiger charge is -2.21. The largest absolute Gasteiger partial charge is 0.496 e. The molecule has 0 spiro atoms. The molecule has 110 valence electrons. The van der Waals surface area contributed by atoms with E-state index < -0.39 is 0 Å². The normalized spacial score (nSPS) is 15.6. The molecule has 1 unspecified atom stereocenters. The van der Waals surface area contributed by atoms with E-state index in [1.165, 1.54) is 18.4 Å². The van der Waals surface area contributed by atoms with Gasteiger partial charge in [-0.3, -0.25) is 0 Å². The summed E-state index contributed by atoms with van der Waals surface area (Å²) in [6, 6.07) is 14.5. The first kappa shape index (κ1) is 14.7. The average Bonchev–Trinajstić information content (AvgIpc) is 3.31. The molecule has 2 nitrogen and oxygen atoms in total. The third-order valence-corrected chi connectivity index (χ3v) is 4.67. The van der Waals surface area contributed by atoms with Crippen molar-refractivity contribution in [1.29, 1.82) is 0 Å². The maximum atomic E-state index is 5.99. The zero-order valence-electron chi connectivity index (χ0n) is 11.8. The summed E-state index contributed by atoms with van der Waals surface area (Å²) >= 11 is 9.52. The molecule has 1 aliphatic rings. The molecular formula is C17H17BrClNO. The molecule has 4 heteroatoms. The van der Waals surface area contributed by atoms with Gasteiger partial charge in [0.05, 0.1) is 17.6 Å². The van der Waals surface area contributed by atoms with Gasteiger partial charge >= 0.3 is 0 Å². The number of ether oxygens (including phenoxy) is 1. The maximum Gasteiger partial charge on any atom is 0.133 e. The minimum Gasteiger partial charge on any atom is -0.496 e. The van der Waals surface area contributed by atoms with Crippen LogP contribution in [0.25, 0.3) is 0 Å². The second-order valence-corrected chi connectivity index (χ2v) is 6.65. The SMILES string of the molecule is COc1ccc(NC(c2ccc(Cl)cc2)C2CC2)cc1Br. The van der Waals surface area contributed by atoms with Crippen molar-refractivity contribution in [3.05, 3.63) is 57.5 Å². The summed E-state index contributed by atoms with van der Waals surface area (Å²) in [7, 11) is 1.67. The fourth-order valence-corrected chi connectivity index (χ4v) is 3.18. The van der Waals surface area contributed by atoms with Crippen LogP contribution in [-0.4, -0.2) is 7.11 Å². The van der Waals surface area contributed by atoms with Crippen molar-refractivity contribution in [3.63, 3.8) is 0 Å². The summed E-state index contributed by atoms with van der Waals surface area (Å²) in [5, 5.41) is 4.42. The molecule has 0 bridgehead atoms. The van der Waals surface area contributed by atoms with Gasteiger partial charge in [0.15, 0.2) is 0 Å². The highest BCUT2D eigenvalue weighted by Gasteiger charge is 2.32. The zero-order valence-corrected chi connectivity index (χ0v) is 14.1. The maximum absolute atomic E-state index is 5.99. The Hall–Kier alpha value is -1.19. The number of methoxy groups -OCH3 is 1. The van der Waals surface area contributed by atoms with E-state index in [-0.39, 0.29) is 0 Å². The molecule has 1 saturated carbocycles. The van der Waals surface area contributed by atoms with E-state index >= 15 is 0 Å². The van der Waals surface area contributed by atoms with Gasteiger partial charge in [-0.25, -0.2) is 0 Å². The highest BCUT2D eigenvalue weighted by atomic mass is 79.9. The van der Waals surface area contributed by atoms with E-state index in [1.807, 2.05) is 18.2 Å². The molecule has 1 aliphatic carbocycles. The van der Waals surface area contributed by atoms with Crippen molar-refractivity contribution in [2.45, 2.75) is 18.9 Å². The highest BCUT2D eigenvalue weighted by molar-refractivity contribution is 9.10. The molecule has 2 aromatic rings. The van der Waals surface area contributed by atoms with E-state index in [1.54, 1.807) is 7.11 Å². The number of hydrogen-bond donors (Lipinski definition) is 1. The van der Waals surface area contributed by atoms with Crippen LogP contribution in [0.2, 0.25) is 5.02 Å². The topological polar surface area (TPSA) is 21.3 Å². The Morgan fingerprint density at radius 1 is 1.19 bits per heavy atom. The number of benzene rings is 2. The lowest BCUT2D eigenvalue weighted by Crippen LogP contribution is -2.12. The zero-order chi connectivity index (χ0) is 14.8. The minimum absolute atomic E-state index is 0.336. The molecule has 0 saturated heterocycles. The predicted octanol–water partition coefficient (Wildman–Crippen LogP) is 5.67. The quantitative estimate of drug-likeness (QED) is 0.735. The molecule has 3 rings (SSSR count). The molecule has 0 aliphatic heterocycles. The standard InChI is InChI=1S/C17H17BrClNO/c1-21-16-9-8-14(10-15(16)18)20-17(11-2-3-11)12-4-6-13(19)7-5-12/h4-11,17,20H,2-3H2,1H3. The van der Waals surface area contributed by atoms with Crippen LogP contribution in [0, 0.1) is 5.92 Å². The summed E-state index contributed by atoms with van der Waals surface area (Å²) in [6.45, 7) is 0. The van der Waals surface area contributed by atoms with Gasteiger partial charge in [0.2, 0.25) is 0 Å². The molecule has 1 atom stereocenters. The van der Waals surface area contributed by atoms with Gasteiger partial charge < -0.3 is 10.1 Å². The van der Waals surface area contributed by atoms with Gasteiger partial charge in [0, 0.05) is 10.7 Å². The van der Waals surface area contributed by atoms with E-state index in [2.05, 4.69) is 45.5 Å². The van der Waals surface area contributed by atoms with Crippen LogP contribution < -0.4 is 10.1 Å². The molecule has 1 N–H and O–H groups in total. The van der Waals surface area contributed by atoms with Crippen molar-refractivity contribution in [2.24, 2.45) is 5.92 Å². The van der Waals surface area contributed by atoms with Crippen LogP contribution >= 0.6 is 27.5 Å². The fourth-order valence-electron chi connectivity index (χ4n) is 2.51. The predicted molar refractivity (Wildman–Crippen MR) is 91.2 cm³/mol. The summed E-state index contributed by atoms with van der Waals surface area (Å²) in [4.78, 5) is 0. The van der Waals surface area contributed by atoms with Gasteiger partial charge in [-0.2, -0.15) is 0 Å². The first-order chi connectivity index (χ1) is 10.2. The second kappa shape index (κ2) is 6.29. The number of halogens is 2. The Morgan fingerprint density at radius 3 is 2.48 bits per heavy atom. The molecule has 1 fully saturated rings. The van der Waals surface area contributed by atoms with Gasteiger partial charge in [-0.15, -0.1) is 0 Å². The van der Waals surface area contributed by atoms with Crippen molar-refractivity contribution in [2.75, 3.05) is 12.4 Å². The lowest BCUT2D eigenvalue weighted by molar-refractivity contribution is 0.412. The van der Waals surface area contributed by atoms with Crippen molar-refractivity contribution < 1.29 is 4.74 Å². The molecule has 0 amide bonds. The van der Waals surface area contributed by atoms with Crippen LogP contribution in [0.4, 0.5) is 5.69 Å². The van der Waals surface area contributed by atoms with E-state index in [4.69, 9.17) is 16.3 Å². The minimum atomic E-state index is 0.336. The summed E-state index contributed by atoms with van der Waals surface area (Å²) in [6.07, 6.45) is 2.55. The Labute approximate surface area is 138 Å². The van der Waals surface area contributed by atoms with Crippen molar-refractivity contribution >= 4 is 33.2 Å². The number of nitrogens with one attached hydrogen (secondary N) is 1. The Kier molecular flexibility index (Phi) is 4.41. The monoisotopic (exact) mass is 365 g/mol. The molecular weight excluding hydrogens is 350 g/mol. The van der Waals surface area contributed by atoms with Crippen LogP contribution in [0.5, 0.6) is 5.75 Å². The number of hydrogen-bond acceptors (Lipinski definition) is 2. The van der Waals surface area contributed by atoms with Gasteiger partial charge in [0.1, 0.15) is 5.75 Å². The van der Waals surface area contributed by atoms with Crippen LogP contribution in [0.15, 0.2) is 46.9 Å². The fraction of sp³-hybridized carbons (Fsp3) is 0.294. The third kappa shape index (κ3) is 3.53. The van der Waals surface area contributed by atoms with Crippen molar-refractivity contribution in [3.8, 4) is 5.75 Å². The number of anilines is 1. The molecule has 0 aromatic heterocycles. The smallest absolute Gasteiger partial charge is 0.133 e. The van der Waals surface area contributed by atoms with Crippen LogP contribution in [0.1, 0.15) is 24.4 Å².